The molecule has 0 aromatic heterocycles. The molecule has 3 rings (SSSR count). The van der Waals surface area contributed by atoms with E-state index in [1.165, 1.54) is 25.3 Å². The quantitative estimate of drug-likeness (QED) is 0.841. The molecule has 0 radical (unpaired) electrons. The van der Waals surface area contributed by atoms with Crippen LogP contribution in [0.2, 0.25) is 0 Å². The topological polar surface area (TPSA) is 58.4 Å². The lowest BCUT2D eigenvalue weighted by molar-refractivity contribution is 0.0997. The molecule has 5 heteroatoms. The Bertz CT molecular complexity index is 524. The molecular weight excluding hydrogens is 269 g/mol. The fourth-order valence-electron chi connectivity index (χ4n) is 3.08. The van der Waals surface area contributed by atoms with Crippen LogP contribution in [0.15, 0.2) is 18.2 Å². The maximum absolute atomic E-state index is 14.0. The van der Waals surface area contributed by atoms with Gasteiger partial charge in [0.2, 0.25) is 0 Å². The van der Waals surface area contributed by atoms with Gasteiger partial charge in [-0.2, -0.15) is 0 Å². The Morgan fingerprint density at radius 1 is 1.33 bits per heavy atom. The Labute approximate surface area is 124 Å². The Balaban J connectivity index is 1.87. The number of anilines is 1. The highest BCUT2D eigenvalue weighted by molar-refractivity contribution is 5.99. The van der Waals surface area contributed by atoms with E-state index in [2.05, 4.69) is 10.2 Å². The third kappa shape index (κ3) is 3.35. The Morgan fingerprint density at radius 3 is 2.76 bits per heavy atom. The smallest absolute Gasteiger partial charge is 0.253 e. The number of nitrogens with two attached hydrogens (primary N) is 1. The summed E-state index contributed by atoms with van der Waals surface area (Å²) in [5.74, 6) is -0.557. The van der Waals surface area contributed by atoms with Crippen molar-refractivity contribution in [3.05, 3.63) is 29.6 Å². The summed E-state index contributed by atoms with van der Waals surface area (Å²) < 4.78 is 14.0. The molecule has 1 unspecified atom stereocenters. The lowest BCUT2D eigenvalue weighted by Crippen LogP contribution is -2.39. The number of carbonyl (C=O) groups is 1. The van der Waals surface area contributed by atoms with Crippen LogP contribution in [-0.4, -0.2) is 31.6 Å². The predicted octanol–water partition coefficient (Wildman–Crippen LogP) is 1.89. The van der Waals surface area contributed by atoms with Crippen molar-refractivity contribution >= 4 is 11.6 Å². The lowest BCUT2D eigenvalue weighted by Gasteiger charge is -2.29. The van der Waals surface area contributed by atoms with Gasteiger partial charge in [-0.1, -0.05) is 6.07 Å². The number of primary amides is 1. The van der Waals surface area contributed by atoms with Crippen molar-refractivity contribution in [3.8, 4) is 0 Å². The van der Waals surface area contributed by atoms with Gasteiger partial charge < -0.3 is 16.0 Å². The number of benzene rings is 1. The number of amides is 1. The summed E-state index contributed by atoms with van der Waals surface area (Å²) in [5, 5.41) is 3.46. The average molecular weight is 291 g/mol. The van der Waals surface area contributed by atoms with Crippen molar-refractivity contribution in [2.75, 3.05) is 24.5 Å². The van der Waals surface area contributed by atoms with Crippen LogP contribution >= 0.6 is 0 Å². The summed E-state index contributed by atoms with van der Waals surface area (Å²) in [7, 11) is 0. The molecule has 21 heavy (non-hydrogen) atoms. The zero-order valence-electron chi connectivity index (χ0n) is 12.1. The molecule has 1 atom stereocenters. The third-order valence-corrected chi connectivity index (χ3v) is 4.36. The van der Waals surface area contributed by atoms with Crippen LogP contribution in [-0.2, 0) is 0 Å². The van der Waals surface area contributed by atoms with Crippen molar-refractivity contribution in [2.45, 2.75) is 31.7 Å². The predicted molar refractivity (Wildman–Crippen MR) is 80.9 cm³/mol. The summed E-state index contributed by atoms with van der Waals surface area (Å²) in [6.07, 6.45) is 4.74. The van der Waals surface area contributed by atoms with E-state index in [4.69, 9.17) is 5.73 Å². The molecule has 1 aliphatic carbocycles. The number of nitrogens with zero attached hydrogens (tertiary/aromatic N) is 1. The van der Waals surface area contributed by atoms with Crippen LogP contribution < -0.4 is 16.0 Å². The Morgan fingerprint density at radius 2 is 2.14 bits per heavy atom. The number of hydrogen-bond donors (Lipinski definition) is 2. The first-order valence-corrected chi connectivity index (χ1v) is 7.72. The number of halogens is 1. The number of nitrogens with one attached hydrogen (secondary N) is 1. The second kappa shape index (κ2) is 6.02. The van der Waals surface area contributed by atoms with E-state index in [0.717, 1.165) is 26.1 Å². The zero-order chi connectivity index (χ0) is 14.8. The van der Waals surface area contributed by atoms with Gasteiger partial charge in [0, 0.05) is 19.1 Å². The summed E-state index contributed by atoms with van der Waals surface area (Å²) in [5.41, 5.74) is 6.05. The lowest BCUT2D eigenvalue weighted by atomic mass is 10.1. The van der Waals surface area contributed by atoms with Crippen molar-refractivity contribution in [3.63, 3.8) is 0 Å². The van der Waals surface area contributed by atoms with E-state index < -0.39 is 11.7 Å². The first-order chi connectivity index (χ1) is 10.1. The average Bonchev–Trinajstić information content (AvgIpc) is 3.11. The van der Waals surface area contributed by atoms with Crippen molar-refractivity contribution in [1.82, 2.24) is 5.32 Å². The molecule has 114 valence electrons. The zero-order valence-corrected chi connectivity index (χ0v) is 12.1. The molecule has 1 aliphatic heterocycles. The first kappa shape index (κ1) is 14.3. The monoisotopic (exact) mass is 291 g/mol. The van der Waals surface area contributed by atoms with Gasteiger partial charge in [-0.25, -0.2) is 4.39 Å². The second-order valence-electron chi connectivity index (χ2n) is 6.14. The molecule has 1 saturated carbocycles. The van der Waals surface area contributed by atoms with Crippen LogP contribution in [0.25, 0.3) is 0 Å². The van der Waals surface area contributed by atoms with Crippen molar-refractivity contribution < 1.29 is 9.18 Å². The molecule has 1 amide bonds. The van der Waals surface area contributed by atoms with Crippen LogP contribution in [0.4, 0.5) is 10.1 Å². The molecule has 2 fully saturated rings. The fraction of sp³-hybridized carbons (Fsp3) is 0.562. The summed E-state index contributed by atoms with van der Waals surface area (Å²) in [6, 6.07) is 5.17. The maximum Gasteiger partial charge on any atom is 0.253 e. The van der Waals surface area contributed by atoms with Crippen molar-refractivity contribution in [2.24, 2.45) is 11.7 Å². The minimum Gasteiger partial charge on any atom is -0.369 e. The molecule has 0 bridgehead atoms. The minimum absolute atomic E-state index is 0.0242. The van der Waals surface area contributed by atoms with E-state index in [0.29, 0.717) is 17.6 Å². The molecule has 0 spiro atoms. The first-order valence-electron chi connectivity index (χ1n) is 7.72. The van der Waals surface area contributed by atoms with E-state index in [1.807, 2.05) is 0 Å². The van der Waals surface area contributed by atoms with Gasteiger partial charge in [-0.3, -0.25) is 4.79 Å². The fourth-order valence-corrected chi connectivity index (χ4v) is 3.08. The summed E-state index contributed by atoms with van der Waals surface area (Å²) in [4.78, 5) is 13.8. The standard InChI is InChI=1S/C16H22FN3O/c17-13-4-1-5-14(15(13)16(18)21)20(9-11-6-7-11)10-12-3-2-8-19-12/h1,4-5,11-12,19H,2-3,6-10H2,(H2,18,21). The second-order valence-corrected chi connectivity index (χ2v) is 6.14. The Kier molecular flexibility index (Phi) is 4.10. The van der Waals surface area contributed by atoms with Gasteiger partial charge in [0.25, 0.3) is 5.91 Å². The molecule has 2 aliphatic rings. The SMILES string of the molecule is NC(=O)c1c(F)cccc1N(CC1CC1)CC1CCCN1. The third-order valence-electron chi connectivity index (χ3n) is 4.36. The normalized spacial score (nSPS) is 21.5. The van der Waals surface area contributed by atoms with Gasteiger partial charge in [0.05, 0.1) is 11.3 Å². The molecule has 1 heterocycles. The molecular formula is C16H22FN3O. The van der Waals surface area contributed by atoms with E-state index in [1.54, 1.807) is 12.1 Å². The molecule has 1 saturated heterocycles. The number of rotatable bonds is 6. The van der Waals surface area contributed by atoms with E-state index in [-0.39, 0.29) is 5.56 Å². The number of hydrogen-bond acceptors (Lipinski definition) is 3. The van der Waals surface area contributed by atoms with Crippen LogP contribution in [0, 0.1) is 11.7 Å². The summed E-state index contributed by atoms with van der Waals surface area (Å²) in [6.45, 7) is 2.72. The molecule has 1 aromatic rings. The largest absolute Gasteiger partial charge is 0.369 e. The van der Waals surface area contributed by atoms with Crippen LogP contribution in [0.1, 0.15) is 36.0 Å². The maximum atomic E-state index is 14.0. The molecule has 1 aromatic carbocycles. The molecule has 4 nitrogen and oxygen atoms in total. The van der Waals surface area contributed by atoms with Gasteiger partial charge >= 0.3 is 0 Å². The van der Waals surface area contributed by atoms with Crippen molar-refractivity contribution in [1.29, 1.82) is 0 Å². The van der Waals surface area contributed by atoms with E-state index >= 15 is 0 Å². The summed E-state index contributed by atoms with van der Waals surface area (Å²) >= 11 is 0. The number of carbonyl (C=O) groups excluding carboxylic acids is 1. The van der Waals surface area contributed by atoms with Gasteiger partial charge in [-0.15, -0.1) is 0 Å². The van der Waals surface area contributed by atoms with Gasteiger partial charge in [0.15, 0.2) is 0 Å². The van der Waals surface area contributed by atoms with Gasteiger partial charge in [0.1, 0.15) is 5.82 Å². The van der Waals surface area contributed by atoms with Crippen LogP contribution in [0.5, 0.6) is 0 Å². The highest BCUT2D eigenvalue weighted by Gasteiger charge is 2.29. The highest BCUT2D eigenvalue weighted by atomic mass is 19.1. The van der Waals surface area contributed by atoms with E-state index in [9.17, 15) is 9.18 Å². The van der Waals surface area contributed by atoms with Crippen LogP contribution in [0.3, 0.4) is 0 Å². The highest BCUT2D eigenvalue weighted by Crippen LogP contribution is 2.33. The van der Waals surface area contributed by atoms with Gasteiger partial charge in [-0.05, 0) is 50.3 Å². The Hall–Kier alpha value is -1.62. The molecule has 3 N–H and O–H groups in total. The minimum atomic E-state index is -0.691.